The van der Waals surface area contributed by atoms with E-state index in [9.17, 15) is 15.0 Å². The van der Waals surface area contributed by atoms with Gasteiger partial charge in [0, 0.05) is 30.1 Å². The molecule has 1 saturated heterocycles. The first-order valence-corrected chi connectivity index (χ1v) is 17.7. The second-order valence-corrected chi connectivity index (χ2v) is 19.1. The zero-order valence-corrected chi connectivity index (χ0v) is 27.3. The van der Waals surface area contributed by atoms with Gasteiger partial charge in [0.25, 0.3) is 0 Å². The van der Waals surface area contributed by atoms with E-state index in [4.69, 9.17) is 18.6 Å². The Hall–Kier alpha value is -0.773. The van der Waals surface area contributed by atoms with Crippen LogP contribution in [-0.4, -0.2) is 65.9 Å². The van der Waals surface area contributed by atoms with Crippen molar-refractivity contribution in [1.29, 1.82) is 0 Å². The summed E-state index contributed by atoms with van der Waals surface area (Å²) in [6, 6.07) is 2.97. The van der Waals surface area contributed by atoms with Crippen LogP contribution in [0.15, 0.2) is 11.1 Å². The molecule has 4 rings (SSSR count). The third kappa shape index (κ3) is 4.69. The number of fused-ring (bicyclic) bond motifs is 6. The minimum absolute atomic E-state index is 0.298. The molecule has 1 heterocycles. The predicted molar refractivity (Wildman–Crippen MR) is 154 cm³/mol. The number of hydrogen-bond acceptors (Lipinski definition) is 7. The summed E-state index contributed by atoms with van der Waals surface area (Å²) in [7, 11) is -2.07. The molecule has 2 bridgehead atoms. The highest BCUT2D eigenvalue weighted by molar-refractivity contribution is 6.73. The van der Waals surface area contributed by atoms with E-state index >= 15 is 0 Å². The van der Waals surface area contributed by atoms with Gasteiger partial charge in [0.05, 0.1) is 17.8 Å². The van der Waals surface area contributed by atoms with Gasteiger partial charge in [0.2, 0.25) is 0 Å². The van der Waals surface area contributed by atoms with Crippen molar-refractivity contribution in [3.05, 3.63) is 11.1 Å². The van der Waals surface area contributed by atoms with Crippen molar-refractivity contribution in [3.63, 3.8) is 0 Å². The van der Waals surface area contributed by atoms with Crippen LogP contribution in [-0.2, 0) is 23.4 Å². The van der Waals surface area contributed by atoms with E-state index in [2.05, 4.69) is 34.6 Å². The van der Waals surface area contributed by atoms with Crippen LogP contribution in [0.2, 0.25) is 18.1 Å². The normalized spacial score (nSPS) is 43.3. The molecule has 8 atom stereocenters. The zero-order chi connectivity index (χ0) is 29.4. The van der Waals surface area contributed by atoms with E-state index < -0.39 is 60.2 Å². The molecule has 0 radical (unpaired) electrons. The molecule has 3 fully saturated rings. The lowest BCUT2D eigenvalue weighted by atomic mass is 9.46. The van der Waals surface area contributed by atoms with Gasteiger partial charge in [0.15, 0.2) is 14.1 Å². The summed E-state index contributed by atoms with van der Waals surface area (Å²) < 4.78 is 26.8. The summed E-state index contributed by atoms with van der Waals surface area (Å²) in [5.74, 6) is -1.88. The van der Waals surface area contributed by atoms with E-state index in [-0.39, 0.29) is 12.2 Å². The molecule has 0 spiro atoms. The number of hydrogen-bond donors (Lipinski definition) is 2. The van der Waals surface area contributed by atoms with Gasteiger partial charge in [-0.05, 0) is 76.2 Å². The highest BCUT2D eigenvalue weighted by Gasteiger charge is 2.72. The maximum atomic E-state index is 13.1. The van der Waals surface area contributed by atoms with Crippen LogP contribution in [0.3, 0.4) is 0 Å². The fraction of sp³-hybridized carbons (Fsp3) is 0.903. The van der Waals surface area contributed by atoms with Crippen LogP contribution in [0, 0.1) is 16.7 Å². The first-order chi connectivity index (χ1) is 17.8. The molecule has 0 amide bonds. The maximum absolute atomic E-state index is 13.1. The SMILES string of the molecule is CC[Si](CC)(CC)O[C@H]1C[C@@]2(O)[C@@H](OC(C)=O)[C@H]3[C@@](C)(CCC[C@@]3(C)O)[C@H]3OC(C)(C)O[C@@H]3C(=C1C)C2(C)C. The lowest BCUT2D eigenvalue weighted by Gasteiger charge is -2.64. The van der Waals surface area contributed by atoms with Gasteiger partial charge in [-0.3, -0.25) is 4.79 Å². The second-order valence-electron chi connectivity index (χ2n) is 14.4. The number of carbonyl (C=O) groups is 1. The van der Waals surface area contributed by atoms with Crippen LogP contribution in [0.25, 0.3) is 0 Å². The van der Waals surface area contributed by atoms with Crippen molar-refractivity contribution in [2.24, 2.45) is 16.7 Å². The molecule has 0 aromatic rings. The van der Waals surface area contributed by atoms with E-state index in [0.717, 1.165) is 42.1 Å². The maximum Gasteiger partial charge on any atom is 0.303 e. The molecule has 7 nitrogen and oxygen atoms in total. The Labute approximate surface area is 237 Å². The zero-order valence-electron chi connectivity index (χ0n) is 26.3. The monoisotopic (exact) mass is 566 g/mol. The van der Waals surface area contributed by atoms with E-state index in [0.29, 0.717) is 12.8 Å². The molecule has 0 aromatic carbocycles. The van der Waals surface area contributed by atoms with E-state index in [1.165, 1.54) is 6.92 Å². The number of carbonyl (C=O) groups excluding carboxylic acids is 1. The summed E-state index contributed by atoms with van der Waals surface area (Å²) in [6.07, 6.45) is 0.334. The van der Waals surface area contributed by atoms with Crippen molar-refractivity contribution in [3.8, 4) is 0 Å². The second kappa shape index (κ2) is 9.91. The smallest absolute Gasteiger partial charge is 0.303 e. The Kier molecular flexibility index (Phi) is 7.92. The molecule has 8 heteroatoms. The minimum Gasteiger partial charge on any atom is -0.459 e. The average molecular weight is 567 g/mol. The van der Waals surface area contributed by atoms with Gasteiger partial charge in [-0.1, -0.05) is 41.5 Å². The molecule has 3 aliphatic carbocycles. The summed E-state index contributed by atoms with van der Waals surface area (Å²) in [6.45, 7) is 22.1. The molecule has 2 N–H and O–H groups in total. The summed E-state index contributed by atoms with van der Waals surface area (Å²) in [5, 5.41) is 25.1. The van der Waals surface area contributed by atoms with Gasteiger partial charge < -0.3 is 28.8 Å². The Balaban J connectivity index is 2.05. The summed E-state index contributed by atoms with van der Waals surface area (Å²) >= 11 is 0. The van der Waals surface area contributed by atoms with E-state index in [1.54, 1.807) is 0 Å². The Morgan fingerprint density at radius 3 is 2.13 bits per heavy atom. The lowest BCUT2D eigenvalue weighted by molar-refractivity contribution is -0.265. The van der Waals surface area contributed by atoms with Crippen molar-refractivity contribution in [2.45, 2.75) is 161 Å². The van der Waals surface area contributed by atoms with Crippen LogP contribution in [0.4, 0.5) is 0 Å². The molecule has 0 aromatic heterocycles. The van der Waals surface area contributed by atoms with Gasteiger partial charge in [-0.25, -0.2) is 0 Å². The topological polar surface area (TPSA) is 94.5 Å². The van der Waals surface area contributed by atoms with Gasteiger partial charge in [-0.15, -0.1) is 0 Å². The van der Waals surface area contributed by atoms with Crippen molar-refractivity contribution < 1.29 is 33.6 Å². The van der Waals surface area contributed by atoms with Crippen molar-refractivity contribution in [2.75, 3.05) is 0 Å². The Bertz CT molecular complexity index is 991. The number of ether oxygens (including phenoxy) is 3. The first-order valence-electron chi connectivity index (χ1n) is 15.2. The van der Waals surface area contributed by atoms with Gasteiger partial charge in [0.1, 0.15) is 17.8 Å². The number of rotatable bonds is 6. The summed E-state index contributed by atoms with van der Waals surface area (Å²) in [5.41, 5.74) is -2.04. The average Bonchev–Trinajstić information content (AvgIpc) is 3.14. The van der Waals surface area contributed by atoms with Crippen molar-refractivity contribution >= 4 is 14.3 Å². The van der Waals surface area contributed by atoms with Crippen LogP contribution < -0.4 is 0 Å². The third-order valence-corrected chi connectivity index (χ3v) is 16.0. The number of aliphatic hydroxyl groups is 2. The highest BCUT2D eigenvalue weighted by atomic mass is 28.4. The summed E-state index contributed by atoms with van der Waals surface area (Å²) in [4.78, 5) is 12.8. The van der Waals surface area contributed by atoms with Gasteiger partial charge >= 0.3 is 5.97 Å². The first kappa shape index (κ1) is 31.2. The Morgan fingerprint density at radius 2 is 1.59 bits per heavy atom. The molecule has 1 aliphatic heterocycles. The van der Waals surface area contributed by atoms with Crippen LogP contribution >= 0.6 is 0 Å². The Morgan fingerprint density at radius 1 is 1.00 bits per heavy atom. The van der Waals surface area contributed by atoms with Crippen molar-refractivity contribution in [1.82, 2.24) is 0 Å². The molecule has 4 aliphatic rings. The fourth-order valence-electron chi connectivity index (χ4n) is 8.99. The minimum atomic E-state index is -2.07. The molecular weight excluding hydrogens is 512 g/mol. The lowest BCUT2D eigenvalue weighted by Crippen LogP contribution is -2.73. The third-order valence-electron chi connectivity index (χ3n) is 11.4. The van der Waals surface area contributed by atoms with Gasteiger partial charge in [-0.2, -0.15) is 0 Å². The number of esters is 1. The quantitative estimate of drug-likeness (QED) is 0.236. The fourth-order valence-corrected chi connectivity index (χ4v) is 11.9. The molecular formula is C31H54O7Si. The predicted octanol–water partition coefficient (Wildman–Crippen LogP) is 5.88. The molecule has 2 saturated carbocycles. The largest absolute Gasteiger partial charge is 0.459 e. The molecule has 224 valence electrons. The molecule has 39 heavy (non-hydrogen) atoms. The van der Waals surface area contributed by atoms with Crippen LogP contribution in [0.1, 0.15) is 102 Å². The highest BCUT2D eigenvalue weighted by Crippen LogP contribution is 2.65. The standard InChI is InChI=1S/C31H54O7Si/c1-12-39(13-2,14-3)38-21-18-31(34)26(35-20(5)32)24-29(10,16-15-17-30(24,11)33)25-23(36-28(8,9)37-25)22(19(21)4)27(31,6)7/h21,23-26,33-34H,12-18H2,1-11H3/t21-,23+,24-,25-,26-,29+,30+,31+/m0/s1. The molecule has 0 unspecified atom stereocenters. The van der Waals surface area contributed by atoms with E-state index in [1.807, 2.05) is 34.6 Å². The van der Waals surface area contributed by atoms with Crippen LogP contribution in [0.5, 0.6) is 0 Å².